The van der Waals surface area contributed by atoms with Crippen LogP contribution in [0.3, 0.4) is 0 Å². The third kappa shape index (κ3) is 2.19. The van der Waals surface area contributed by atoms with Crippen LogP contribution in [-0.2, 0) is 5.88 Å². The number of alkyl halides is 2. The third-order valence-electron chi connectivity index (χ3n) is 1.70. The van der Waals surface area contributed by atoms with E-state index in [1.54, 1.807) is 12.1 Å². The van der Waals surface area contributed by atoms with Crippen molar-refractivity contribution in [3.05, 3.63) is 35.4 Å². The van der Waals surface area contributed by atoms with Gasteiger partial charge in [-0.05, 0) is 11.1 Å². The molecule has 0 saturated carbocycles. The minimum atomic E-state index is -1.06. The Labute approximate surface area is 76.3 Å². The van der Waals surface area contributed by atoms with Crippen LogP contribution in [0.25, 0.3) is 0 Å². The van der Waals surface area contributed by atoms with E-state index in [0.717, 1.165) is 5.56 Å². The average Bonchev–Trinajstić information content (AvgIpc) is 2.17. The van der Waals surface area contributed by atoms with Gasteiger partial charge in [-0.15, -0.1) is 11.6 Å². The maximum atomic E-state index is 12.9. The molecule has 12 heavy (non-hydrogen) atoms. The van der Waals surface area contributed by atoms with Crippen LogP contribution in [0.1, 0.15) is 17.3 Å². The molecule has 0 aliphatic heterocycles. The summed E-state index contributed by atoms with van der Waals surface area (Å²) in [6.45, 7) is 0.0280. The fourth-order valence-corrected chi connectivity index (χ4v) is 1.13. The molecule has 0 aliphatic rings. The Morgan fingerprint density at radius 3 is 2.33 bits per heavy atom. The normalized spacial score (nSPS) is 12.9. The topological polar surface area (TPSA) is 26.0 Å². The Kier molecular flexibility index (Phi) is 3.50. The Hall–Kier alpha value is -0.600. The Morgan fingerprint density at radius 2 is 1.92 bits per heavy atom. The molecule has 0 aliphatic carbocycles. The van der Waals surface area contributed by atoms with Crippen molar-refractivity contribution >= 4 is 11.6 Å². The lowest BCUT2D eigenvalue weighted by Crippen LogP contribution is -2.07. The summed E-state index contributed by atoms with van der Waals surface area (Å²) in [7, 11) is 0. The van der Waals surface area contributed by atoms with Gasteiger partial charge in [0.2, 0.25) is 0 Å². The molecule has 1 aromatic rings. The smallest absolute Gasteiger partial charge is 0.137 e. The highest BCUT2D eigenvalue weighted by Gasteiger charge is 2.05. The second-order valence-corrected chi connectivity index (χ2v) is 2.85. The van der Waals surface area contributed by atoms with E-state index in [2.05, 4.69) is 0 Å². The van der Waals surface area contributed by atoms with Gasteiger partial charge in [-0.2, -0.15) is 0 Å². The quantitative estimate of drug-likeness (QED) is 0.723. The van der Waals surface area contributed by atoms with Gasteiger partial charge in [-0.3, -0.25) is 0 Å². The minimum absolute atomic E-state index is 0.0280. The van der Waals surface area contributed by atoms with E-state index in [1.165, 1.54) is 0 Å². The molecule has 0 amide bonds. The molecule has 0 spiro atoms. The number of nitrogens with two attached hydrogens (primary N) is 1. The van der Waals surface area contributed by atoms with Crippen molar-refractivity contribution in [2.75, 3.05) is 6.54 Å². The monoisotopic (exact) mass is 187 g/mol. The number of rotatable bonds is 3. The highest BCUT2D eigenvalue weighted by atomic mass is 35.5. The Morgan fingerprint density at radius 1 is 1.33 bits per heavy atom. The van der Waals surface area contributed by atoms with Crippen molar-refractivity contribution in [2.24, 2.45) is 5.73 Å². The van der Waals surface area contributed by atoms with E-state index in [4.69, 9.17) is 17.3 Å². The fourth-order valence-electron chi connectivity index (χ4n) is 0.952. The highest BCUT2D eigenvalue weighted by Crippen LogP contribution is 2.16. The Balaban J connectivity index is 2.77. The minimum Gasteiger partial charge on any atom is -0.327 e. The molecule has 66 valence electrons. The van der Waals surface area contributed by atoms with Crippen LogP contribution in [0, 0.1) is 0 Å². The molecule has 1 atom stereocenters. The van der Waals surface area contributed by atoms with Gasteiger partial charge in [0.05, 0.1) is 0 Å². The molecule has 0 bridgehead atoms. The average molecular weight is 188 g/mol. The summed E-state index contributed by atoms with van der Waals surface area (Å²) in [5, 5.41) is 0. The number of halogens is 2. The maximum Gasteiger partial charge on any atom is 0.137 e. The predicted molar refractivity (Wildman–Crippen MR) is 48.9 cm³/mol. The summed E-state index contributed by atoms with van der Waals surface area (Å²) in [5.41, 5.74) is 6.78. The molecule has 0 unspecified atom stereocenters. The van der Waals surface area contributed by atoms with E-state index in [1.807, 2.05) is 12.1 Å². The van der Waals surface area contributed by atoms with Gasteiger partial charge in [0.25, 0.3) is 0 Å². The van der Waals surface area contributed by atoms with Gasteiger partial charge in [-0.25, -0.2) is 4.39 Å². The van der Waals surface area contributed by atoms with Crippen molar-refractivity contribution in [3.63, 3.8) is 0 Å². The maximum absolute atomic E-state index is 12.9. The van der Waals surface area contributed by atoms with Gasteiger partial charge in [0.1, 0.15) is 6.17 Å². The predicted octanol–water partition coefficient (Wildman–Crippen LogP) is 2.39. The summed E-state index contributed by atoms with van der Waals surface area (Å²) in [4.78, 5) is 0. The number of hydrogen-bond acceptors (Lipinski definition) is 1. The zero-order valence-corrected chi connectivity index (χ0v) is 7.39. The molecular formula is C9H11ClFN. The molecule has 0 heterocycles. The summed E-state index contributed by atoms with van der Waals surface area (Å²) >= 11 is 5.57. The molecule has 0 saturated heterocycles. The SMILES string of the molecule is NC[C@@H](F)c1ccc(CCl)cc1. The zero-order valence-electron chi connectivity index (χ0n) is 6.63. The molecule has 1 aromatic carbocycles. The first-order valence-corrected chi connectivity index (χ1v) is 4.30. The molecule has 0 aromatic heterocycles. The standard InChI is InChI=1S/C9H11ClFN/c10-5-7-1-3-8(4-2-7)9(11)6-12/h1-4,9H,5-6,12H2/t9-/m1/s1. The van der Waals surface area contributed by atoms with E-state index in [-0.39, 0.29) is 6.54 Å². The van der Waals surface area contributed by atoms with Crippen molar-refractivity contribution in [1.29, 1.82) is 0 Å². The third-order valence-corrected chi connectivity index (χ3v) is 2.01. The van der Waals surface area contributed by atoms with Crippen LogP contribution in [0.2, 0.25) is 0 Å². The first kappa shape index (κ1) is 9.49. The summed E-state index contributed by atoms with van der Waals surface area (Å²) < 4.78 is 12.9. The molecule has 0 fully saturated rings. The van der Waals surface area contributed by atoms with Crippen molar-refractivity contribution in [1.82, 2.24) is 0 Å². The van der Waals surface area contributed by atoms with Crippen LogP contribution >= 0.6 is 11.6 Å². The van der Waals surface area contributed by atoms with Crippen LogP contribution in [0.4, 0.5) is 4.39 Å². The largest absolute Gasteiger partial charge is 0.327 e. The van der Waals surface area contributed by atoms with E-state index in [9.17, 15) is 4.39 Å². The van der Waals surface area contributed by atoms with Crippen LogP contribution in [-0.4, -0.2) is 6.54 Å². The van der Waals surface area contributed by atoms with Gasteiger partial charge in [0.15, 0.2) is 0 Å². The van der Waals surface area contributed by atoms with Crippen LogP contribution in [0.15, 0.2) is 24.3 Å². The molecule has 1 nitrogen and oxygen atoms in total. The lowest BCUT2D eigenvalue weighted by molar-refractivity contribution is 0.353. The van der Waals surface area contributed by atoms with Crippen molar-refractivity contribution in [3.8, 4) is 0 Å². The zero-order chi connectivity index (χ0) is 8.97. The first-order chi connectivity index (χ1) is 5.77. The van der Waals surface area contributed by atoms with E-state index in [0.29, 0.717) is 11.4 Å². The molecular weight excluding hydrogens is 177 g/mol. The molecule has 1 rings (SSSR count). The summed E-state index contributed by atoms with van der Waals surface area (Å²) in [6.07, 6.45) is -1.06. The first-order valence-electron chi connectivity index (χ1n) is 3.77. The summed E-state index contributed by atoms with van der Waals surface area (Å²) in [6, 6.07) is 7.06. The second-order valence-electron chi connectivity index (χ2n) is 2.58. The van der Waals surface area contributed by atoms with Gasteiger partial charge < -0.3 is 5.73 Å². The summed E-state index contributed by atoms with van der Waals surface area (Å²) in [5.74, 6) is 0.458. The van der Waals surface area contributed by atoms with Crippen molar-refractivity contribution in [2.45, 2.75) is 12.1 Å². The fraction of sp³-hybridized carbons (Fsp3) is 0.333. The van der Waals surface area contributed by atoms with Gasteiger partial charge >= 0.3 is 0 Å². The van der Waals surface area contributed by atoms with Crippen LogP contribution < -0.4 is 5.73 Å². The lowest BCUT2D eigenvalue weighted by atomic mass is 10.1. The molecule has 2 N–H and O–H groups in total. The van der Waals surface area contributed by atoms with E-state index < -0.39 is 6.17 Å². The van der Waals surface area contributed by atoms with Crippen molar-refractivity contribution < 1.29 is 4.39 Å². The lowest BCUT2D eigenvalue weighted by Gasteiger charge is -2.05. The van der Waals surface area contributed by atoms with Gasteiger partial charge in [-0.1, -0.05) is 24.3 Å². The number of hydrogen-bond donors (Lipinski definition) is 1. The highest BCUT2D eigenvalue weighted by molar-refractivity contribution is 6.17. The number of benzene rings is 1. The van der Waals surface area contributed by atoms with E-state index >= 15 is 0 Å². The molecule has 0 radical (unpaired) electrons. The Bertz CT molecular complexity index is 235. The van der Waals surface area contributed by atoms with Gasteiger partial charge in [0, 0.05) is 12.4 Å². The second kappa shape index (κ2) is 4.43. The molecule has 3 heteroatoms. The van der Waals surface area contributed by atoms with Crippen LogP contribution in [0.5, 0.6) is 0 Å².